The van der Waals surface area contributed by atoms with Crippen molar-refractivity contribution in [3.05, 3.63) is 35.4 Å². The third-order valence-electron chi connectivity index (χ3n) is 5.66. The van der Waals surface area contributed by atoms with Crippen molar-refractivity contribution in [2.75, 3.05) is 32.8 Å². The normalized spacial score (nSPS) is 17.9. The van der Waals surface area contributed by atoms with Crippen LogP contribution in [0.5, 0.6) is 0 Å². The molecule has 0 spiro atoms. The maximum atomic E-state index is 12.7. The van der Waals surface area contributed by atoms with Crippen LogP contribution in [-0.4, -0.2) is 93.3 Å². The van der Waals surface area contributed by atoms with Crippen molar-refractivity contribution >= 4 is 29.6 Å². The summed E-state index contributed by atoms with van der Waals surface area (Å²) in [7, 11) is 0. The predicted molar refractivity (Wildman–Crippen MR) is 118 cm³/mol. The number of carboxylic acid groups (broad SMARTS) is 1. The molecule has 2 N–H and O–H groups in total. The van der Waals surface area contributed by atoms with Crippen molar-refractivity contribution in [3.8, 4) is 0 Å². The monoisotopic (exact) mass is 461 g/mol. The minimum Gasteiger partial charge on any atom is -0.480 e. The number of fused-ring (bicyclic) bond motifs is 1. The van der Waals surface area contributed by atoms with Gasteiger partial charge in [0.15, 0.2) is 0 Å². The molecular formula is C23H31N3O7. The lowest BCUT2D eigenvalue weighted by Gasteiger charge is -2.34. The molecule has 2 heterocycles. The first-order valence-electron chi connectivity index (χ1n) is 11.1. The first-order chi connectivity index (χ1) is 15.8. The highest BCUT2D eigenvalue weighted by Gasteiger charge is 2.46. The van der Waals surface area contributed by atoms with Crippen LogP contribution in [-0.2, 0) is 14.4 Å². The zero-order valence-corrected chi connectivity index (χ0v) is 19.0. The number of aliphatic hydroxyl groups is 1. The lowest BCUT2D eigenvalue weighted by atomic mass is 10.0. The predicted octanol–water partition coefficient (Wildman–Crippen LogP) is 0.986. The molecule has 0 aromatic heterocycles. The summed E-state index contributed by atoms with van der Waals surface area (Å²) in [5.74, 6) is -2.54. The second kappa shape index (κ2) is 12.2. The molecule has 180 valence electrons. The molecule has 33 heavy (non-hydrogen) atoms. The Hall–Kier alpha value is -3.11. The van der Waals surface area contributed by atoms with E-state index in [4.69, 9.17) is 10.2 Å². The number of aliphatic hydroxyl groups excluding tert-OH is 1. The van der Waals surface area contributed by atoms with Crippen LogP contribution in [0.4, 0.5) is 0 Å². The van der Waals surface area contributed by atoms with Crippen LogP contribution < -0.4 is 0 Å². The smallest absolute Gasteiger partial charge is 0.317 e. The van der Waals surface area contributed by atoms with Gasteiger partial charge in [-0.15, -0.1) is 0 Å². The third kappa shape index (κ3) is 6.23. The Balaban J connectivity index is 0.000000365. The zero-order valence-electron chi connectivity index (χ0n) is 19.0. The Morgan fingerprint density at radius 3 is 2.06 bits per heavy atom. The lowest BCUT2D eigenvalue weighted by molar-refractivity contribution is -0.151. The Bertz CT molecular complexity index is 863. The minimum absolute atomic E-state index is 0.0158. The highest BCUT2D eigenvalue weighted by Crippen LogP contribution is 2.29. The molecule has 2 aliphatic rings. The standard InChI is InChI=1S/C17H18N2O5.C6H13NO2/c20-10-4-3-9-18-14(21)8-7-13(17(18)24)19-15(22)11-5-1-2-6-12(11)16(19)23;1-3-7(4-2)5-6(8)9/h1-2,5-6,13,20H,3-4,7-10H2;3-5H2,1-2H3,(H,8,9). The number of imide groups is 2. The van der Waals surface area contributed by atoms with Gasteiger partial charge in [0.25, 0.3) is 17.7 Å². The Kier molecular flexibility index (Phi) is 9.68. The van der Waals surface area contributed by atoms with Gasteiger partial charge in [0, 0.05) is 19.6 Å². The van der Waals surface area contributed by atoms with Gasteiger partial charge in [0.2, 0.25) is 5.91 Å². The molecule has 1 saturated heterocycles. The number of likely N-dealkylation sites (tertiary alicyclic amines) is 1. The van der Waals surface area contributed by atoms with Crippen LogP contribution >= 0.6 is 0 Å². The summed E-state index contributed by atoms with van der Waals surface area (Å²) >= 11 is 0. The SMILES string of the molecule is CCN(CC)CC(=O)O.O=C1CCC(N2C(=O)c3ccccc3C2=O)C(=O)N1CCCCO. The van der Waals surface area contributed by atoms with Gasteiger partial charge < -0.3 is 10.2 Å². The van der Waals surface area contributed by atoms with E-state index in [-0.39, 0.29) is 38.4 Å². The van der Waals surface area contributed by atoms with E-state index in [0.29, 0.717) is 24.0 Å². The fourth-order valence-corrected chi connectivity index (χ4v) is 3.81. The summed E-state index contributed by atoms with van der Waals surface area (Å²) in [5.41, 5.74) is 0.582. The van der Waals surface area contributed by atoms with Gasteiger partial charge in [0.05, 0.1) is 17.7 Å². The zero-order chi connectivity index (χ0) is 24.5. The van der Waals surface area contributed by atoms with Gasteiger partial charge in [0.1, 0.15) is 6.04 Å². The number of aliphatic carboxylic acids is 1. The summed E-state index contributed by atoms with van der Waals surface area (Å²) in [6.07, 6.45) is 1.24. The molecule has 10 heteroatoms. The molecule has 10 nitrogen and oxygen atoms in total. The van der Waals surface area contributed by atoms with Gasteiger partial charge in [-0.25, -0.2) is 0 Å². The molecule has 0 saturated carbocycles. The molecule has 0 radical (unpaired) electrons. The van der Waals surface area contributed by atoms with Gasteiger partial charge in [-0.1, -0.05) is 26.0 Å². The largest absolute Gasteiger partial charge is 0.480 e. The topological polar surface area (TPSA) is 136 Å². The molecule has 1 fully saturated rings. The van der Waals surface area contributed by atoms with Crippen LogP contribution in [0.15, 0.2) is 24.3 Å². The number of benzene rings is 1. The van der Waals surface area contributed by atoms with E-state index in [1.165, 1.54) is 0 Å². The van der Waals surface area contributed by atoms with Crippen LogP contribution in [0.3, 0.4) is 0 Å². The first-order valence-corrected chi connectivity index (χ1v) is 11.1. The second-order valence-corrected chi connectivity index (χ2v) is 7.75. The van der Waals surface area contributed by atoms with Crippen LogP contribution in [0.1, 0.15) is 60.2 Å². The van der Waals surface area contributed by atoms with Gasteiger partial charge in [-0.3, -0.25) is 38.7 Å². The minimum atomic E-state index is -0.941. The molecular weight excluding hydrogens is 430 g/mol. The Labute approximate surface area is 192 Å². The van der Waals surface area contributed by atoms with Gasteiger partial charge in [-0.05, 0) is 44.5 Å². The summed E-state index contributed by atoms with van der Waals surface area (Å²) in [6.45, 7) is 5.85. The fraction of sp³-hybridized carbons (Fsp3) is 0.522. The number of rotatable bonds is 9. The Morgan fingerprint density at radius 1 is 1.03 bits per heavy atom. The van der Waals surface area contributed by atoms with E-state index < -0.39 is 29.7 Å². The summed E-state index contributed by atoms with van der Waals surface area (Å²) in [5, 5.41) is 17.1. The first kappa shape index (κ1) is 26.1. The quantitative estimate of drug-likeness (QED) is 0.410. The summed E-state index contributed by atoms with van der Waals surface area (Å²) in [6, 6.07) is 5.52. The number of nitrogens with zero attached hydrogens (tertiary/aromatic N) is 3. The van der Waals surface area contributed by atoms with Crippen LogP contribution in [0.25, 0.3) is 0 Å². The third-order valence-corrected chi connectivity index (χ3v) is 5.66. The molecule has 0 aliphatic carbocycles. The molecule has 1 aromatic rings. The lowest BCUT2D eigenvalue weighted by Crippen LogP contribution is -2.56. The van der Waals surface area contributed by atoms with E-state index >= 15 is 0 Å². The molecule has 1 atom stereocenters. The van der Waals surface area contributed by atoms with Crippen molar-refractivity contribution in [1.82, 2.24) is 14.7 Å². The van der Waals surface area contributed by atoms with E-state index in [9.17, 15) is 24.0 Å². The van der Waals surface area contributed by atoms with E-state index in [2.05, 4.69) is 0 Å². The number of unbranched alkanes of at least 4 members (excludes halogenated alkanes) is 1. The maximum Gasteiger partial charge on any atom is 0.317 e. The van der Waals surface area contributed by atoms with E-state index in [1.54, 1.807) is 24.3 Å². The van der Waals surface area contributed by atoms with E-state index in [1.807, 2.05) is 18.7 Å². The van der Waals surface area contributed by atoms with Crippen molar-refractivity contribution in [2.45, 2.75) is 45.6 Å². The van der Waals surface area contributed by atoms with Crippen molar-refractivity contribution < 1.29 is 34.2 Å². The highest BCUT2D eigenvalue weighted by molar-refractivity contribution is 6.23. The fourth-order valence-electron chi connectivity index (χ4n) is 3.81. The number of carbonyl (C=O) groups is 5. The number of likely N-dealkylation sites (N-methyl/N-ethyl adjacent to an activating group) is 1. The molecule has 2 aliphatic heterocycles. The van der Waals surface area contributed by atoms with Crippen molar-refractivity contribution in [2.24, 2.45) is 0 Å². The van der Waals surface area contributed by atoms with Gasteiger partial charge in [-0.2, -0.15) is 0 Å². The van der Waals surface area contributed by atoms with Crippen LogP contribution in [0.2, 0.25) is 0 Å². The van der Waals surface area contributed by atoms with E-state index in [0.717, 1.165) is 22.9 Å². The Morgan fingerprint density at radius 2 is 1.61 bits per heavy atom. The number of piperidine rings is 1. The maximum absolute atomic E-state index is 12.7. The highest BCUT2D eigenvalue weighted by atomic mass is 16.4. The number of hydrogen-bond donors (Lipinski definition) is 2. The average Bonchev–Trinajstić information content (AvgIpc) is 3.05. The molecule has 0 bridgehead atoms. The second-order valence-electron chi connectivity index (χ2n) is 7.75. The molecule has 4 amide bonds. The molecule has 1 unspecified atom stereocenters. The molecule has 1 aromatic carbocycles. The number of amides is 4. The van der Waals surface area contributed by atoms with Crippen molar-refractivity contribution in [1.29, 1.82) is 0 Å². The molecule has 3 rings (SSSR count). The number of carboxylic acids is 1. The number of hydrogen-bond acceptors (Lipinski definition) is 7. The number of carbonyl (C=O) groups excluding carboxylic acids is 4. The summed E-state index contributed by atoms with van der Waals surface area (Å²) in [4.78, 5) is 63.7. The summed E-state index contributed by atoms with van der Waals surface area (Å²) < 4.78 is 0. The average molecular weight is 462 g/mol. The van der Waals surface area contributed by atoms with Gasteiger partial charge >= 0.3 is 5.97 Å². The van der Waals surface area contributed by atoms with Crippen molar-refractivity contribution in [3.63, 3.8) is 0 Å². The van der Waals surface area contributed by atoms with Crippen LogP contribution in [0, 0.1) is 0 Å².